The van der Waals surface area contributed by atoms with Crippen LogP contribution in [0.25, 0.3) is 0 Å². The van der Waals surface area contributed by atoms with Crippen molar-refractivity contribution in [1.29, 1.82) is 0 Å². The summed E-state index contributed by atoms with van der Waals surface area (Å²) in [6.45, 7) is 5.92. The Hall–Kier alpha value is -1.56. The molecule has 0 heterocycles. The smallest absolute Gasteiger partial charge is 0.232 e. The lowest BCUT2D eigenvalue weighted by atomic mass is 10.1. The van der Waals surface area contributed by atoms with Crippen molar-refractivity contribution in [3.63, 3.8) is 0 Å². The summed E-state index contributed by atoms with van der Waals surface area (Å²) in [5, 5.41) is 2.76. The van der Waals surface area contributed by atoms with Crippen molar-refractivity contribution >= 4 is 21.6 Å². The molecule has 0 unspecified atom stereocenters. The van der Waals surface area contributed by atoms with E-state index in [2.05, 4.69) is 5.32 Å². The van der Waals surface area contributed by atoms with Gasteiger partial charge >= 0.3 is 0 Å². The van der Waals surface area contributed by atoms with E-state index in [1.54, 1.807) is 12.1 Å². The van der Waals surface area contributed by atoms with Gasteiger partial charge in [-0.25, -0.2) is 8.42 Å². The zero-order chi connectivity index (χ0) is 16.0. The van der Waals surface area contributed by atoms with Crippen LogP contribution in [-0.2, 0) is 21.2 Å². The van der Waals surface area contributed by atoms with Crippen molar-refractivity contribution in [3.05, 3.63) is 29.8 Å². The van der Waals surface area contributed by atoms with Gasteiger partial charge < -0.3 is 5.32 Å². The third kappa shape index (κ3) is 5.75. The molecule has 6 heteroatoms. The van der Waals surface area contributed by atoms with E-state index in [0.29, 0.717) is 5.69 Å². The van der Waals surface area contributed by atoms with Gasteiger partial charge in [-0.2, -0.15) is 0 Å². The third-order valence-electron chi connectivity index (χ3n) is 3.02. The standard InChI is InChI=1S/C15H24N2O3S/c1-5-13-6-8-14(9-7-13)17(21(4,19)20)11-10-15(18)16-12(2)3/h6-9,12H,5,10-11H2,1-4H3,(H,16,18). The number of nitrogens with zero attached hydrogens (tertiary/aromatic N) is 1. The highest BCUT2D eigenvalue weighted by Crippen LogP contribution is 2.19. The molecule has 1 rings (SSSR count). The van der Waals surface area contributed by atoms with E-state index in [4.69, 9.17) is 0 Å². The average molecular weight is 312 g/mol. The van der Waals surface area contributed by atoms with E-state index in [-0.39, 0.29) is 24.9 Å². The highest BCUT2D eigenvalue weighted by atomic mass is 32.2. The molecule has 1 aromatic carbocycles. The molecule has 118 valence electrons. The fourth-order valence-electron chi connectivity index (χ4n) is 1.98. The summed E-state index contributed by atoms with van der Waals surface area (Å²) in [6.07, 6.45) is 2.19. The first-order valence-corrected chi connectivity index (χ1v) is 8.95. The van der Waals surface area contributed by atoms with Gasteiger partial charge in [0.05, 0.1) is 11.9 Å². The zero-order valence-corrected chi connectivity index (χ0v) is 13.9. The molecule has 0 aliphatic rings. The molecule has 1 amide bonds. The second kappa shape index (κ2) is 7.45. The van der Waals surface area contributed by atoms with E-state index < -0.39 is 10.0 Å². The minimum Gasteiger partial charge on any atom is -0.354 e. The van der Waals surface area contributed by atoms with Crippen LogP contribution in [0, 0.1) is 0 Å². The molecule has 21 heavy (non-hydrogen) atoms. The van der Waals surface area contributed by atoms with E-state index in [1.807, 2.05) is 32.9 Å². The molecule has 0 spiro atoms. The number of nitrogens with one attached hydrogen (secondary N) is 1. The van der Waals surface area contributed by atoms with Gasteiger partial charge in [0, 0.05) is 19.0 Å². The van der Waals surface area contributed by atoms with Gasteiger partial charge in [0.2, 0.25) is 15.9 Å². The van der Waals surface area contributed by atoms with Crippen molar-refractivity contribution in [2.75, 3.05) is 17.1 Å². The molecule has 1 N–H and O–H groups in total. The molecule has 0 saturated carbocycles. The summed E-state index contributed by atoms with van der Waals surface area (Å²) in [5.74, 6) is -0.149. The predicted molar refractivity (Wildman–Crippen MR) is 85.9 cm³/mol. The van der Waals surface area contributed by atoms with Crippen LogP contribution < -0.4 is 9.62 Å². The van der Waals surface area contributed by atoms with Gasteiger partial charge in [-0.3, -0.25) is 9.10 Å². The Morgan fingerprint density at radius 2 is 1.81 bits per heavy atom. The van der Waals surface area contributed by atoms with Crippen molar-refractivity contribution in [2.45, 2.75) is 39.7 Å². The van der Waals surface area contributed by atoms with Crippen LogP contribution in [0.15, 0.2) is 24.3 Å². The number of aryl methyl sites for hydroxylation is 1. The highest BCUT2D eigenvalue weighted by Gasteiger charge is 2.18. The molecular formula is C15H24N2O3S. The Morgan fingerprint density at radius 1 is 1.24 bits per heavy atom. The minimum absolute atomic E-state index is 0.0491. The molecule has 0 aliphatic carbocycles. The number of hydrogen-bond acceptors (Lipinski definition) is 3. The summed E-state index contributed by atoms with van der Waals surface area (Å²) in [6, 6.07) is 7.41. The van der Waals surface area contributed by atoms with Crippen LogP contribution in [0.1, 0.15) is 32.8 Å². The summed E-state index contributed by atoms with van der Waals surface area (Å²) in [7, 11) is -3.41. The average Bonchev–Trinajstić information content (AvgIpc) is 2.37. The molecule has 0 atom stereocenters. The second-order valence-corrected chi connectivity index (χ2v) is 7.23. The van der Waals surface area contributed by atoms with Crippen molar-refractivity contribution in [1.82, 2.24) is 5.32 Å². The SMILES string of the molecule is CCc1ccc(N(CCC(=O)NC(C)C)S(C)(=O)=O)cc1. The van der Waals surface area contributed by atoms with Crippen LogP contribution in [0.5, 0.6) is 0 Å². The summed E-state index contributed by atoms with van der Waals surface area (Å²) >= 11 is 0. The quantitative estimate of drug-likeness (QED) is 0.836. The van der Waals surface area contributed by atoms with Crippen molar-refractivity contribution in [3.8, 4) is 0 Å². The van der Waals surface area contributed by atoms with E-state index in [9.17, 15) is 13.2 Å². The van der Waals surface area contributed by atoms with E-state index in [0.717, 1.165) is 18.2 Å². The van der Waals surface area contributed by atoms with Crippen LogP contribution >= 0.6 is 0 Å². The molecule has 0 aliphatic heterocycles. The molecule has 0 saturated heterocycles. The second-order valence-electron chi connectivity index (χ2n) is 5.33. The maximum Gasteiger partial charge on any atom is 0.232 e. The molecule has 0 bridgehead atoms. The summed E-state index contributed by atoms with van der Waals surface area (Å²) in [5.41, 5.74) is 1.73. The molecule has 0 radical (unpaired) electrons. The van der Waals surface area contributed by atoms with Gasteiger partial charge in [-0.15, -0.1) is 0 Å². The Kier molecular flexibility index (Phi) is 6.20. The molecule has 5 nitrogen and oxygen atoms in total. The molecule has 0 aromatic heterocycles. The predicted octanol–water partition coefficient (Wildman–Crippen LogP) is 1.93. The number of benzene rings is 1. The number of carbonyl (C=O) groups excluding carboxylic acids is 1. The van der Waals surface area contributed by atoms with Gasteiger partial charge in [0.1, 0.15) is 0 Å². The number of hydrogen-bond donors (Lipinski definition) is 1. The molecule has 0 fully saturated rings. The number of amides is 1. The first kappa shape index (κ1) is 17.5. The fraction of sp³-hybridized carbons (Fsp3) is 0.533. The van der Waals surface area contributed by atoms with E-state index in [1.165, 1.54) is 4.31 Å². The third-order valence-corrected chi connectivity index (χ3v) is 4.22. The van der Waals surface area contributed by atoms with Crippen LogP contribution in [0.4, 0.5) is 5.69 Å². The molecular weight excluding hydrogens is 288 g/mol. The van der Waals surface area contributed by atoms with Crippen molar-refractivity contribution in [2.24, 2.45) is 0 Å². The van der Waals surface area contributed by atoms with Crippen LogP contribution in [0.2, 0.25) is 0 Å². The first-order valence-electron chi connectivity index (χ1n) is 7.10. The van der Waals surface area contributed by atoms with Gasteiger partial charge in [0.25, 0.3) is 0 Å². The Bertz CT molecular complexity index is 565. The lowest BCUT2D eigenvalue weighted by Gasteiger charge is -2.22. The number of carbonyl (C=O) groups is 1. The van der Waals surface area contributed by atoms with Crippen molar-refractivity contribution < 1.29 is 13.2 Å². The lowest BCUT2D eigenvalue weighted by Crippen LogP contribution is -2.36. The van der Waals surface area contributed by atoms with Crippen LogP contribution in [-0.4, -0.2) is 33.2 Å². The largest absolute Gasteiger partial charge is 0.354 e. The Balaban J connectivity index is 2.84. The maximum absolute atomic E-state index is 11.9. The fourth-order valence-corrected chi connectivity index (χ4v) is 2.91. The molecule has 1 aromatic rings. The zero-order valence-electron chi connectivity index (χ0n) is 13.1. The lowest BCUT2D eigenvalue weighted by molar-refractivity contribution is -0.121. The monoisotopic (exact) mass is 312 g/mol. The van der Waals surface area contributed by atoms with Gasteiger partial charge in [0.15, 0.2) is 0 Å². The van der Waals surface area contributed by atoms with Gasteiger partial charge in [-0.1, -0.05) is 19.1 Å². The highest BCUT2D eigenvalue weighted by molar-refractivity contribution is 7.92. The number of anilines is 1. The topological polar surface area (TPSA) is 66.5 Å². The minimum atomic E-state index is -3.41. The number of sulfonamides is 1. The Morgan fingerprint density at radius 3 is 2.24 bits per heavy atom. The van der Waals surface area contributed by atoms with Crippen LogP contribution in [0.3, 0.4) is 0 Å². The number of rotatable bonds is 7. The summed E-state index contributed by atoms with van der Waals surface area (Å²) < 4.78 is 25.1. The Labute approximate surface area is 127 Å². The first-order chi connectivity index (χ1) is 9.74. The maximum atomic E-state index is 11.9. The van der Waals surface area contributed by atoms with Gasteiger partial charge in [-0.05, 0) is 38.0 Å². The summed E-state index contributed by atoms with van der Waals surface area (Å²) in [4.78, 5) is 11.7. The van der Waals surface area contributed by atoms with E-state index >= 15 is 0 Å². The normalized spacial score (nSPS) is 11.5.